The van der Waals surface area contributed by atoms with Gasteiger partial charge in [-0.05, 0) is 25.1 Å². The van der Waals surface area contributed by atoms with Crippen molar-refractivity contribution in [1.29, 1.82) is 0 Å². The number of alkyl halides is 3. The zero-order valence-electron chi connectivity index (χ0n) is 20.1. The minimum absolute atomic E-state index is 0.00487. The van der Waals surface area contributed by atoms with Crippen LogP contribution in [0.4, 0.5) is 18.9 Å². The van der Waals surface area contributed by atoms with Crippen molar-refractivity contribution in [3.63, 3.8) is 0 Å². The number of benzene rings is 1. The molecule has 35 heavy (non-hydrogen) atoms. The molecule has 1 heterocycles. The van der Waals surface area contributed by atoms with Gasteiger partial charge in [-0.1, -0.05) is 6.92 Å². The summed E-state index contributed by atoms with van der Waals surface area (Å²) in [6, 6.07) is 3.88. The van der Waals surface area contributed by atoms with Crippen LogP contribution in [0.3, 0.4) is 0 Å². The molecule has 0 unspecified atom stereocenters. The van der Waals surface area contributed by atoms with E-state index < -0.39 is 47.1 Å². The number of halogens is 3. The Hall–Kier alpha value is -2.38. The molecule has 13 heteroatoms. The first-order valence-electron chi connectivity index (χ1n) is 11.1. The Morgan fingerprint density at radius 3 is 2.60 bits per heavy atom. The summed E-state index contributed by atoms with van der Waals surface area (Å²) in [4.78, 5) is 26.5. The smallest absolute Gasteiger partial charge is 0.389 e. The minimum atomic E-state index is -4.46. The highest BCUT2D eigenvalue weighted by atomic mass is 32.2. The van der Waals surface area contributed by atoms with E-state index in [2.05, 4.69) is 5.32 Å². The van der Waals surface area contributed by atoms with Crippen LogP contribution in [-0.4, -0.2) is 85.9 Å². The lowest BCUT2D eigenvalue weighted by Crippen LogP contribution is -2.48. The Balaban J connectivity index is 2.38. The molecule has 2 amide bonds. The molecule has 1 aliphatic heterocycles. The number of nitrogens with one attached hydrogen (secondary N) is 1. The Morgan fingerprint density at radius 1 is 1.37 bits per heavy atom. The number of hydrogen-bond donors (Lipinski definition) is 2. The summed E-state index contributed by atoms with van der Waals surface area (Å²) in [6.07, 6.45) is -6.19. The van der Waals surface area contributed by atoms with Gasteiger partial charge in [0.15, 0.2) is 0 Å². The van der Waals surface area contributed by atoms with Crippen LogP contribution in [0.25, 0.3) is 0 Å². The van der Waals surface area contributed by atoms with Gasteiger partial charge in [0.05, 0.1) is 38.3 Å². The second kappa shape index (κ2) is 11.6. The van der Waals surface area contributed by atoms with Crippen LogP contribution >= 0.6 is 0 Å². The van der Waals surface area contributed by atoms with Crippen LogP contribution < -0.4 is 10.1 Å². The number of aliphatic hydroxyl groups excluding tert-OH is 1. The van der Waals surface area contributed by atoms with E-state index in [9.17, 15) is 36.3 Å². The lowest BCUT2D eigenvalue weighted by atomic mass is 10.0. The van der Waals surface area contributed by atoms with Gasteiger partial charge in [-0.2, -0.15) is 13.2 Å². The number of aliphatic hydroxyl groups is 1. The summed E-state index contributed by atoms with van der Waals surface area (Å²) >= 11 is 0. The maximum Gasteiger partial charge on any atom is 0.389 e. The molecule has 3 atom stereocenters. The number of sulfonamides is 1. The molecule has 0 spiro atoms. The van der Waals surface area contributed by atoms with E-state index in [-0.39, 0.29) is 43.6 Å². The predicted molar refractivity (Wildman–Crippen MR) is 123 cm³/mol. The first-order valence-corrected chi connectivity index (χ1v) is 12.9. The molecule has 1 aromatic rings. The first-order chi connectivity index (χ1) is 16.1. The van der Waals surface area contributed by atoms with E-state index in [0.29, 0.717) is 11.3 Å². The number of fused-ring (bicyclic) bond motifs is 1. The van der Waals surface area contributed by atoms with E-state index in [1.807, 2.05) is 6.92 Å². The third kappa shape index (κ3) is 8.65. The van der Waals surface area contributed by atoms with Crippen molar-refractivity contribution in [2.45, 2.75) is 51.4 Å². The third-order valence-electron chi connectivity index (χ3n) is 5.84. The topological polar surface area (TPSA) is 116 Å². The van der Waals surface area contributed by atoms with E-state index in [1.54, 1.807) is 6.92 Å². The fraction of sp³-hybridized carbons (Fsp3) is 0.636. The molecule has 0 saturated carbocycles. The van der Waals surface area contributed by atoms with Gasteiger partial charge in [0.1, 0.15) is 11.9 Å². The number of nitrogens with zero attached hydrogens (tertiary/aromatic N) is 2. The molecule has 0 aromatic heterocycles. The van der Waals surface area contributed by atoms with Crippen molar-refractivity contribution in [1.82, 2.24) is 9.21 Å². The van der Waals surface area contributed by atoms with E-state index >= 15 is 0 Å². The molecule has 0 aliphatic carbocycles. The number of carbonyl (C=O) groups excluding carboxylic acids is 2. The van der Waals surface area contributed by atoms with Crippen molar-refractivity contribution >= 4 is 27.5 Å². The quantitative estimate of drug-likeness (QED) is 0.539. The standard InChI is InChI=1S/C22H32F3N3O6S/c1-14-11-28(15(2)13-29)21(31)10-16-9-17(26-20(30)7-8-22(23,24)25)5-6-18(16)34-19(14)12-27(3)35(4,32)33/h5-6,9,14-15,19,29H,7-8,10-13H2,1-4H3,(H,26,30)/t14-,15-,19-/m1/s1. The molecule has 1 aliphatic rings. The Morgan fingerprint density at radius 2 is 2.03 bits per heavy atom. The third-order valence-corrected chi connectivity index (χ3v) is 7.12. The average molecular weight is 524 g/mol. The fourth-order valence-corrected chi connectivity index (χ4v) is 4.01. The van der Waals surface area contributed by atoms with Gasteiger partial charge in [0, 0.05) is 37.2 Å². The van der Waals surface area contributed by atoms with E-state index in [4.69, 9.17) is 4.74 Å². The molecule has 9 nitrogen and oxygen atoms in total. The number of rotatable bonds is 8. The molecular weight excluding hydrogens is 491 g/mol. The lowest BCUT2D eigenvalue weighted by Gasteiger charge is -2.33. The molecule has 2 rings (SSSR count). The maximum absolute atomic E-state index is 13.1. The van der Waals surface area contributed by atoms with Gasteiger partial charge in [-0.15, -0.1) is 0 Å². The summed E-state index contributed by atoms with van der Waals surface area (Å²) in [5, 5.41) is 12.0. The summed E-state index contributed by atoms with van der Waals surface area (Å²) in [6.45, 7) is 3.42. The highest BCUT2D eigenvalue weighted by Gasteiger charge is 2.32. The highest BCUT2D eigenvalue weighted by Crippen LogP contribution is 2.30. The summed E-state index contributed by atoms with van der Waals surface area (Å²) in [7, 11) is -2.09. The Labute approximate surface area is 203 Å². The monoisotopic (exact) mass is 523 g/mol. The van der Waals surface area contributed by atoms with Gasteiger partial charge in [0.2, 0.25) is 21.8 Å². The SMILES string of the molecule is C[C@@H]1CN([C@H](C)CO)C(=O)Cc2cc(NC(=O)CCC(F)(F)F)ccc2O[C@@H]1CN(C)S(C)(=O)=O. The fourth-order valence-electron chi connectivity index (χ4n) is 3.59. The number of hydrogen-bond acceptors (Lipinski definition) is 6. The normalized spacial score (nSPS) is 20.4. The van der Waals surface area contributed by atoms with Crippen molar-refractivity contribution in [2.75, 3.05) is 38.3 Å². The van der Waals surface area contributed by atoms with Gasteiger partial charge < -0.3 is 20.1 Å². The van der Waals surface area contributed by atoms with Crippen LogP contribution in [0.1, 0.15) is 32.3 Å². The van der Waals surface area contributed by atoms with Crippen LogP contribution in [0.5, 0.6) is 5.75 Å². The number of amides is 2. The first kappa shape index (κ1) is 28.9. The van der Waals surface area contributed by atoms with E-state index in [1.165, 1.54) is 30.1 Å². The number of anilines is 1. The average Bonchev–Trinajstić information content (AvgIpc) is 2.79. The minimum Gasteiger partial charge on any atom is -0.488 e. The molecule has 0 fully saturated rings. The summed E-state index contributed by atoms with van der Waals surface area (Å²) in [5.74, 6) is -1.16. The number of carbonyl (C=O) groups is 2. The van der Waals surface area contributed by atoms with Crippen molar-refractivity contribution in [3.05, 3.63) is 23.8 Å². The van der Waals surface area contributed by atoms with Crippen LogP contribution in [0.15, 0.2) is 18.2 Å². The summed E-state index contributed by atoms with van der Waals surface area (Å²) in [5.41, 5.74) is 0.575. The molecule has 198 valence electrons. The Bertz CT molecular complexity index is 1020. The van der Waals surface area contributed by atoms with Gasteiger partial charge >= 0.3 is 6.18 Å². The van der Waals surface area contributed by atoms with Gasteiger partial charge in [0.25, 0.3) is 0 Å². The largest absolute Gasteiger partial charge is 0.488 e. The van der Waals surface area contributed by atoms with Crippen molar-refractivity contribution < 1.29 is 41.0 Å². The molecular formula is C22H32F3N3O6S. The second-order valence-electron chi connectivity index (χ2n) is 8.92. The number of ether oxygens (including phenoxy) is 1. The second-order valence-corrected chi connectivity index (χ2v) is 11.0. The van der Waals surface area contributed by atoms with Crippen molar-refractivity contribution in [2.24, 2.45) is 5.92 Å². The van der Waals surface area contributed by atoms with Crippen LogP contribution in [-0.2, 0) is 26.0 Å². The molecule has 2 N–H and O–H groups in total. The zero-order chi connectivity index (χ0) is 26.6. The van der Waals surface area contributed by atoms with Gasteiger partial charge in [-0.25, -0.2) is 12.7 Å². The van der Waals surface area contributed by atoms with Gasteiger partial charge in [-0.3, -0.25) is 9.59 Å². The maximum atomic E-state index is 13.1. The molecule has 1 aromatic carbocycles. The Kier molecular flexibility index (Phi) is 9.54. The highest BCUT2D eigenvalue weighted by molar-refractivity contribution is 7.88. The predicted octanol–water partition coefficient (Wildman–Crippen LogP) is 2.01. The lowest BCUT2D eigenvalue weighted by molar-refractivity contribution is -0.142. The van der Waals surface area contributed by atoms with Crippen LogP contribution in [0.2, 0.25) is 0 Å². The van der Waals surface area contributed by atoms with Crippen molar-refractivity contribution in [3.8, 4) is 5.75 Å². The zero-order valence-corrected chi connectivity index (χ0v) is 20.9. The molecule has 0 bridgehead atoms. The summed E-state index contributed by atoms with van der Waals surface area (Å²) < 4.78 is 68.5. The number of likely N-dealkylation sites (N-methyl/N-ethyl adjacent to an activating group) is 1. The van der Waals surface area contributed by atoms with E-state index in [0.717, 1.165) is 10.6 Å². The van der Waals surface area contributed by atoms with Crippen LogP contribution in [0, 0.1) is 5.92 Å². The molecule has 0 saturated heterocycles. The molecule has 0 radical (unpaired) electrons.